The Kier molecular flexibility index (Phi) is 3.34. The molecule has 98 valence electrons. The third-order valence-electron chi connectivity index (χ3n) is 3.80. The lowest BCUT2D eigenvalue weighted by Gasteiger charge is -2.36. The molecule has 18 heavy (non-hydrogen) atoms. The van der Waals surface area contributed by atoms with E-state index in [0.717, 1.165) is 42.5 Å². The first-order chi connectivity index (χ1) is 8.74. The lowest BCUT2D eigenvalue weighted by Crippen LogP contribution is -2.39. The Bertz CT molecular complexity index is 453. The third kappa shape index (κ3) is 2.06. The van der Waals surface area contributed by atoms with Crippen molar-refractivity contribution in [2.45, 2.75) is 37.9 Å². The predicted octanol–water partition coefficient (Wildman–Crippen LogP) is 2.82. The molecule has 0 saturated carbocycles. The van der Waals surface area contributed by atoms with E-state index in [1.165, 1.54) is 11.1 Å². The minimum absolute atomic E-state index is 0.176. The highest BCUT2D eigenvalue weighted by molar-refractivity contribution is 9.10. The van der Waals surface area contributed by atoms with Gasteiger partial charge in [-0.05, 0) is 52.4 Å². The van der Waals surface area contributed by atoms with E-state index in [0.29, 0.717) is 6.42 Å². The minimum atomic E-state index is -0.395. The SMILES string of the molecule is OCCc1ccc(Br)c2c1CC[C@]1(CCCO1)O2. The zero-order chi connectivity index (χ0) is 12.6. The number of halogens is 1. The molecule has 1 N–H and O–H groups in total. The van der Waals surface area contributed by atoms with Crippen molar-refractivity contribution < 1.29 is 14.6 Å². The molecule has 1 spiro atoms. The van der Waals surface area contributed by atoms with Gasteiger partial charge in [-0.25, -0.2) is 0 Å². The number of aliphatic hydroxyl groups is 1. The molecule has 1 fully saturated rings. The Balaban J connectivity index is 1.97. The average molecular weight is 313 g/mol. The van der Waals surface area contributed by atoms with Gasteiger partial charge >= 0.3 is 0 Å². The van der Waals surface area contributed by atoms with E-state index in [2.05, 4.69) is 22.0 Å². The number of aliphatic hydroxyl groups excluding tert-OH is 1. The molecule has 3 rings (SSSR count). The molecule has 0 aromatic heterocycles. The summed E-state index contributed by atoms with van der Waals surface area (Å²) in [7, 11) is 0. The number of hydrogen-bond donors (Lipinski definition) is 1. The molecule has 2 aliphatic rings. The van der Waals surface area contributed by atoms with E-state index in [-0.39, 0.29) is 6.61 Å². The summed E-state index contributed by atoms with van der Waals surface area (Å²) in [4.78, 5) is 0. The van der Waals surface area contributed by atoms with Crippen LogP contribution in [0.5, 0.6) is 5.75 Å². The van der Waals surface area contributed by atoms with Crippen LogP contribution >= 0.6 is 15.9 Å². The van der Waals surface area contributed by atoms with Gasteiger partial charge in [0.1, 0.15) is 5.75 Å². The first-order valence-electron chi connectivity index (χ1n) is 6.48. The topological polar surface area (TPSA) is 38.7 Å². The monoisotopic (exact) mass is 312 g/mol. The van der Waals surface area contributed by atoms with Crippen LogP contribution in [0, 0.1) is 0 Å². The van der Waals surface area contributed by atoms with Gasteiger partial charge < -0.3 is 14.6 Å². The van der Waals surface area contributed by atoms with Crippen LogP contribution in [0.15, 0.2) is 16.6 Å². The summed E-state index contributed by atoms with van der Waals surface area (Å²) < 4.78 is 12.9. The molecule has 1 atom stereocenters. The van der Waals surface area contributed by atoms with Gasteiger partial charge in [0.2, 0.25) is 5.79 Å². The molecule has 0 amide bonds. The van der Waals surface area contributed by atoms with Crippen molar-refractivity contribution in [3.63, 3.8) is 0 Å². The van der Waals surface area contributed by atoms with Gasteiger partial charge in [0, 0.05) is 19.4 Å². The normalized spacial score (nSPS) is 26.1. The van der Waals surface area contributed by atoms with E-state index in [9.17, 15) is 0 Å². The maximum absolute atomic E-state index is 9.12. The van der Waals surface area contributed by atoms with Crippen molar-refractivity contribution in [2.24, 2.45) is 0 Å². The highest BCUT2D eigenvalue weighted by Gasteiger charge is 2.41. The highest BCUT2D eigenvalue weighted by atomic mass is 79.9. The Morgan fingerprint density at radius 3 is 2.94 bits per heavy atom. The fourth-order valence-electron chi connectivity index (χ4n) is 2.88. The zero-order valence-corrected chi connectivity index (χ0v) is 11.8. The van der Waals surface area contributed by atoms with Crippen molar-refractivity contribution in [3.05, 3.63) is 27.7 Å². The summed E-state index contributed by atoms with van der Waals surface area (Å²) >= 11 is 3.55. The maximum atomic E-state index is 9.12. The quantitative estimate of drug-likeness (QED) is 0.912. The van der Waals surface area contributed by atoms with E-state index >= 15 is 0 Å². The molecule has 4 heteroatoms. The largest absolute Gasteiger partial charge is 0.461 e. The molecular formula is C14H17BrO3. The minimum Gasteiger partial charge on any atom is -0.461 e. The van der Waals surface area contributed by atoms with E-state index in [1.54, 1.807) is 0 Å². The summed E-state index contributed by atoms with van der Waals surface area (Å²) in [6.45, 7) is 0.971. The van der Waals surface area contributed by atoms with E-state index in [4.69, 9.17) is 14.6 Å². The number of fused-ring (bicyclic) bond motifs is 1. The Morgan fingerprint density at radius 1 is 1.33 bits per heavy atom. The average Bonchev–Trinajstić information content (AvgIpc) is 2.82. The van der Waals surface area contributed by atoms with Gasteiger partial charge in [0.05, 0.1) is 11.1 Å². The number of benzene rings is 1. The summed E-state index contributed by atoms with van der Waals surface area (Å²) in [5.41, 5.74) is 2.41. The lowest BCUT2D eigenvalue weighted by molar-refractivity contribution is -0.160. The van der Waals surface area contributed by atoms with Crippen LogP contribution in [-0.2, 0) is 17.6 Å². The van der Waals surface area contributed by atoms with Crippen LogP contribution in [-0.4, -0.2) is 24.1 Å². The fraction of sp³-hybridized carbons (Fsp3) is 0.571. The lowest BCUT2D eigenvalue weighted by atomic mass is 9.93. The van der Waals surface area contributed by atoms with Gasteiger partial charge in [0.25, 0.3) is 0 Å². The van der Waals surface area contributed by atoms with Gasteiger partial charge in [-0.3, -0.25) is 0 Å². The second-order valence-corrected chi connectivity index (χ2v) is 5.81. The molecule has 0 unspecified atom stereocenters. The molecule has 1 saturated heterocycles. The van der Waals surface area contributed by atoms with Crippen LogP contribution in [0.3, 0.4) is 0 Å². The molecule has 2 heterocycles. The predicted molar refractivity (Wildman–Crippen MR) is 71.8 cm³/mol. The molecular weight excluding hydrogens is 296 g/mol. The van der Waals surface area contributed by atoms with Crippen molar-refractivity contribution in [1.82, 2.24) is 0 Å². The van der Waals surface area contributed by atoms with E-state index in [1.807, 2.05) is 6.07 Å². The zero-order valence-electron chi connectivity index (χ0n) is 10.2. The van der Waals surface area contributed by atoms with Gasteiger partial charge in [-0.1, -0.05) is 6.07 Å². The molecule has 1 aromatic carbocycles. The van der Waals surface area contributed by atoms with E-state index < -0.39 is 5.79 Å². The molecule has 0 bridgehead atoms. The molecule has 1 aromatic rings. The Morgan fingerprint density at radius 2 is 2.22 bits per heavy atom. The molecule has 2 aliphatic heterocycles. The Hall–Kier alpha value is -0.580. The molecule has 0 radical (unpaired) electrons. The van der Waals surface area contributed by atoms with Crippen LogP contribution in [0.1, 0.15) is 30.4 Å². The van der Waals surface area contributed by atoms with Crippen molar-refractivity contribution in [1.29, 1.82) is 0 Å². The summed E-state index contributed by atoms with van der Waals surface area (Å²) in [6, 6.07) is 4.06. The van der Waals surface area contributed by atoms with Crippen molar-refractivity contribution in [3.8, 4) is 5.75 Å². The second kappa shape index (κ2) is 4.83. The van der Waals surface area contributed by atoms with Gasteiger partial charge in [0.15, 0.2) is 0 Å². The highest BCUT2D eigenvalue weighted by Crippen LogP contribution is 2.44. The number of rotatable bonds is 2. The van der Waals surface area contributed by atoms with Crippen LogP contribution in [0.4, 0.5) is 0 Å². The third-order valence-corrected chi connectivity index (χ3v) is 4.43. The van der Waals surface area contributed by atoms with Crippen molar-refractivity contribution >= 4 is 15.9 Å². The number of ether oxygens (including phenoxy) is 2. The van der Waals surface area contributed by atoms with Crippen molar-refractivity contribution in [2.75, 3.05) is 13.2 Å². The molecule has 0 aliphatic carbocycles. The fourth-order valence-corrected chi connectivity index (χ4v) is 3.33. The maximum Gasteiger partial charge on any atom is 0.211 e. The van der Waals surface area contributed by atoms with Crippen LogP contribution < -0.4 is 4.74 Å². The van der Waals surface area contributed by atoms with Crippen LogP contribution in [0.25, 0.3) is 0 Å². The first-order valence-corrected chi connectivity index (χ1v) is 7.27. The molecule has 3 nitrogen and oxygen atoms in total. The first kappa shape index (κ1) is 12.5. The van der Waals surface area contributed by atoms with Gasteiger partial charge in [-0.15, -0.1) is 0 Å². The summed E-state index contributed by atoms with van der Waals surface area (Å²) in [5, 5.41) is 9.12. The Labute approximate surface area is 115 Å². The smallest absolute Gasteiger partial charge is 0.211 e. The van der Waals surface area contributed by atoms with Gasteiger partial charge in [-0.2, -0.15) is 0 Å². The second-order valence-electron chi connectivity index (χ2n) is 4.95. The van der Waals surface area contributed by atoms with Crippen LogP contribution in [0.2, 0.25) is 0 Å². The summed E-state index contributed by atoms with van der Waals surface area (Å²) in [6.07, 6.45) is 4.61. The number of hydrogen-bond acceptors (Lipinski definition) is 3. The summed E-state index contributed by atoms with van der Waals surface area (Å²) in [5.74, 6) is 0.516. The standard InChI is InChI=1S/C14H17BrO3/c15-12-3-2-10(5-8-16)11-4-7-14(18-13(11)12)6-1-9-17-14/h2-3,16H,1,4-9H2/t14-/m0/s1.